The molecule has 0 fully saturated rings. The Morgan fingerprint density at radius 2 is 1.41 bits per heavy atom. The topological polar surface area (TPSA) is 339 Å². The summed E-state index contributed by atoms with van der Waals surface area (Å²) in [6, 6.07) is 9.23. The van der Waals surface area contributed by atoms with Gasteiger partial charge in [-0.25, -0.2) is 39.7 Å². The maximum absolute atomic E-state index is 14.3. The van der Waals surface area contributed by atoms with Gasteiger partial charge in [0.2, 0.25) is 17.7 Å². The molecule has 7 amide bonds. The Morgan fingerprint density at radius 3 is 2.14 bits per heavy atom. The molecule has 7 aromatic heterocycles. The number of amides is 7. The van der Waals surface area contributed by atoms with Crippen molar-refractivity contribution in [2.75, 3.05) is 32.6 Å². The number of carbonyl (C=O) groups excluding carboxylic acids is 8. The third-order valence-corrected chi connectivity index (χ3v) is 18.8. The summed E-state index contributed by atoms with van der Waals surface area (Å²) < 4.78 is 51.6. The molecule has 25 nitrogen and oxygen atoms in total. The van der Waals surface area contributed by atoms with Crippen molar-refractivity contribution in [2.45, 2.75) is 90.6 Å². The number of anilines is 1. The summed E-state index contributed by atoms with van der Waals surface area (Å²) >= 11 is 6.90. The van der Waals surface area contributed by atoms with Crippen LogP contribution in [0.3, 0.4) is 0 Å². The second-order valence-corrected chi connectivity index (χ2v) is 25.8. The summed E-state index contributed by atoms with van der Waals surface area (Å²) in [5, 5.41) is 27.4. The van der Waals surface area contributed by atoms with Crippen LogP contribution in [0.1, 0.15) is 132 Å². The summed E-state index contributed by atoms with van der Waals surface area (Å²) in [6.45, 7) is 5.88. The Bertz CT molecular complexity index is 3960. The number of aromatic nitrogens is 7. The van der Waals surface area contributed by atoms with E-state index in [2.05, 4.69) is 46.6 Å². The minimum absolute atomic E-state index is 0.0232. The molecule has 90 heavy (non-hydrogen) atoms. The van der Waals surface area contributed by atoms with Gasteiger partial charge in [0.25, 0.3) is 17.7 Å². The average Bonchev–Trinajstić information content (AvgIpc) is 1.61. The molecule has 34 heteroatoms. The van der Waals surface area contributed by atoms with Gasteiger partial charge in [0.05, 0.1) is 42.2 Å². The largest absolute Gasteiger partial charge is 0.576 e. The number of alkyl carbamates (subject to hydrolysis) is 1. The van der Waals surface area contributed by atoms with Crippen LogP contribution >= 0.6 is 68.0 Å². The zero-order valence-electron chi connectivity index (χ0n) is 48.4. The van der Waals surface area contributed by atoms with Crippen molar-refractivity contribution in [3.63, 3.8) is 0 Å². The van der Waals surface area contributed by atoms with Gasteiger partial charge < -0.3 is 51.4 Å². The van der Waals surface area contributed by atoms with E-state index in [0.29, 0.717) is 68.7 Å². The van der Waals surface area contributed by atoms with Crippen molar-refractivity contribution in [3.8, 4) is 43.4 Å². The highest BCUT2D eigenvalue weighted by molar-refractivity contribution is 7.15. The van der Waals surface area contributed by atoms with Gasteiger partial charge in [-0.2, -0.15) is 0 Å². The number of rotatable bonds is 15. The minimum Gasteiger partial charge on any atom is -0.455 e. The molecule has 472 valence electrons. The highest BCUT2D eigenvalue weighted by atomic mass is 32.1. The highest BCUT2D eigenvalue weighted by Crippen LogP contribution is 2.41. The van der Waals surface area contributed by atoms with Gasteiger partial charge in [-0.1, -0.05) is 44.2 Å². The molecule has 0 spiro atoms. The third-order valence-electron chi connectivity index (χ3n) is 13.1. The lowest BCUT2D eigenvalue weighted by atomic mass is 10.0. The number of methoxy groups -OCH3 is 1. The van der Waals surface area contributed by atoms with Crippen LogP contribution in [0.15, 0.2) is 64.0 Å². The minimum atomic E-state index is -5.13. The fourth-order valence-electron chi connectivity index (χ4n) is 8.89. The van der Waals surface area contributed by atoms with Crippen LogP contribution in [0.25, 0.3) is 43.4 Å². The van der Waals surface area contributed by atoms with Crippen molar-refractivity contribution in [2.24, 2.45) is 5.92 Å². The molecule has 0 saturated heterocycles. The van der Waals surface area contributed by atoms with Crippen molar-refractivity contribution >= 4 is 121 Å². The maximum Gasteiger partial charge on any atom is 0.576 e. The molecule has 4 atom stereocenters. The molecule has 0 aliphatic carbocycles. The second kappa shape index (κ2) is 29.4. The molecule has 1 aromatic carbocycles. The number of alkyl halides is 3. The maximum atomic E-state index is 14.3. The Morgan fingerprint density at radius 1 is 0.700 bits per heavy atom. The number of ether oxygens (including phenoxy) is 3. The normalized spacial score (nSPS) is 16.0. The molecular formula is C56H55F3N14O11S6. The highest BCUT2D eigenvalue weighted by Gasteiger charge is 2.36. The number of hydrogen-bond acceptors (Lipinski definition) is 24. The number of nitrogens with one attached hydrogen (secondary N) is 7. The molecule has 9 rings (SSSR count). The standard InChI is InChI=1S/C56H55F3N14O11S6/c1-25(2)40-54-73-43(35(90-54)20-82-6)47(79)62-19-39(77)70-44(45(83-27(4)74)28-12-8-7-9-13-28)53-67-34(23-87-53)51-65-32(21-86-51)42-29(15-16-30(63-42)50-69-36(24-88-50)68-37(75)14-10-11-17-61-55(81)84-56(57,58)59)49-66-33(22-85-49)46(78)64-31(18-38(76)60-5)52-72-41(26(3)89-52)48(80)71-40/h7-9,12-13,15-16,21-25,31,40,44-45H,10-11,14,17-20H2,1-6H3,(H,60,76)(H,61,81)(H,62,79)(H,64,78)(H,68,75)(H,70,77)(H,71,80)/t31-,40-,44-,45-/m0/s1. The van der Waals surface area contributed by atoms with Gasteiger partial charge in [0.15, 0.2) is 6.10 Å². The number of pyridine rings is 1. The first-order chi connectivity index (χ1) is 43.0. The number of aryl methyl sites for hydroxylation is 1. The van der Waals surface area contributed by atoms with E-state index in [1.807, 2.05) is 19.2 Å². The van der Waals surface area contributed by atoms with E-state index < -0.39 is 84.6 Å². The number of fused-ring (bicyclic) bond motifs is 14. The fourth-order valence-corrected chi connectivity index (χ4v) is 14.4. The summed E-state index contributed by atoms with van der Waals surface area (Å²) in [5.74, 6) is -4.27. The Labute approximate surface area is 534 Å². The first-order valence-corrected chi connectivity index (χ1v) is 32.5. The van der Waals surface area contributed by atoms with Gasteiger partial charge in [-0.3, -0.25) is 33.6 Å². The number of benzene rings is 1. The average molecular weight is 1350 g/mol. The van der Waals surface area contributed by atoms with Crippen LogP contribution in [0.5, 0.6) is 0 Å². The lowest BCUT2D eigenvalue weighted by Gasteiger charge is -2.26. The lowest BCUT2D eigenvalue weighted by Crippen LogP contribution is -2.41. The van der Waals surface area contributed by atoms with Crippen LogP contribution in [0.4, 0.5) is 23.8 Å². The molecule has 8 aromatic rings. The molecular weight excluding hydrogens is 1290 g/mol. The first kappa shape index (κ1) is 65.9. The van der Waals surface area contributed by atoms with E-state index in [-0.39, 0.29) is 72.7 Å². The van der Waals surface area contributed by atoms with Gasteiger partial charge in [-0.05, 0) is 43.4 Å². The van der Waals surface area contributed by atoms with Crippen molar-refractivity contribution in [3.05, 3.63) is 111 Å². The SMILES string of the molecule is CNC(=O)C[C@@H]1NC(=O)c2csc(n2)-c2ccc(-c3nc(NC(=O)CCCCNC(=O)OC(F)(F)F)cs3)nc2-c2csc(n2)-c2csc(n2)[C@H]([C@@H](OC(C)=O)c2ccccc2)NC(=O)CNC(=O)c2nc(sc2COC)[C@H](C(C)C)NC(=O)c2nc1sc2C. The third kappa shape index (κ3) is 16.6. The van der Waals surface area contributed by atoms with Gasteiger partial charge >= 0.3 is 18.4 Å². The quantitative estimate of drug-likeness (QED) is 0.0371. The molecule has 0 radical (unpaired) electrons. The number of thiazole rings is 6. The smallest absolute Gasteiger partial charge is 0.455 e. The number of esters is 1. The van der Waals surface area contributed by atoms with Crippen LogP contribution in [-0.4, -0.2) is 116 Å². The molecule has 10 bridgehead atoms. The number of carbonyl (C=O) groups is 8. The van der Waals surface area contributed by atoms with Crippen molar-refractivity contribution in [1.82, 2.24) is 66.8 Å². The van der Waals surface area contributed by atoms with Crippen LogP contribution < -0.4 is 37.2 Å². The second-order valence-electron chi connectivity index (χ2n) is 20.0. The lowest BCUT2D eigenvalue weighted by molar-refractivity contribution is -0.291. The molecule has 8 heterocycles. The Kier molecular flexibility index (Phi) is 21.5. The summed E-state index contributed by atoms with van der Waals surface area (Å²) in [5.41, 5.74) is 2.28. The molecule has 0 saturated carbocycles. The predicted molar refractivity (Wildman–Crippen MR) is 329 cm³/mol. The molecule has 0 unspecified atom stereocenters. The van der Waals surface area contributed by atoms with Gasteiger partial charge in [0.1, 0.15) is 76.1 Å². The van der Waals surface area contributed by atoms with E-state index in [1.54, 1.807) is 65.5 Å². The van der Waals surface area contributed by atoms with Gasteiger partial charge in [-0.15, -0.1) is 81.2 Å². The Balaban J connectivity index is 1.09. The number of halogens is 3. The number of nitrogens with zero attached hydrogens (tertiary/aromatic N) is 7. The van der Waals surface area contributed by atoms with Gasteiger partial charge in [0, 0.05) is 66.0 Å². The first-order valence-electron chi connectivity index (χ1n) is 27.3. The van der Waals surface area contributed by atoms with Crippen LogP contribution in [0.2, 0.25) is 0 Å². The zero-order chi connectivity index (χ0) is 64.4. The monoisotopic (exact) mass is 1350 g/mol. The van der Waals surface area contributed by atoms with E-state index in [4.69, 9.17) is 34.4 Å². The van der Waals surface area contributed by atoms with E-state index in [9.17, 15) is 51.5 Å². The molecule has 7 N–H and O–H groups in total. The van der Waals surface area contributed by atoms with E-state index in [1.165, 1.54) is 37.8 Å². The fraction of sp³-hybridized carbons (Fsp3) is 0.339. The van der Waals surface area contributed by atoms with Crippen molar-refractivity contribution < 1.29 is 65.7 Å². The van der Waals surface area contributed by atoms with Crippen LogP contribution in [0, 0.1) is 12.8 Å². The number of hydrogen-bond donors (Lipinski definition) is 7. The molecule has 1 aliphatic heterocycles. The summed E-state index contributed by atoms with van der Waals surface area (Å²) in [6.07, 6.45) is -7.80. The van der Waals surface area contributed by atoms with E-state index in [0.717, 1.165) is 56.7 Å². The summed E-state index contributed by atoms with van der Waals surface area (Å²) in [7, 11) is 2.89. The van der Waals surface area contributed by atoms with Crippen molar-refractivity contribution in [1.29, 1.82) is 0 Å². The Hall–Kier alpha value is -8.54. The predicted octanol–water partition coefficient (Wildman–Crippen LogP) is 9.24. The summed E-state index contributed by atoms with van der Waals surface area (Å²) in [4.78, 5) is 142. The van der Waals surface area contributed by atoms with Crippen LogP contribution in [-0.2, 0) is 40.0 Å². The number of unbranched alkanes of at least 4 members (excludes halogenated alkanes) is 1. The molecule has 1 aliphatic rings. The zero-order valence-corrected chi connectivity index (χ0v) is 53.3. The van der Waals surface area contributed by atoms with E-state index >= 15 is 0 Å².